The molecule has 1 saturated heterocycles. The zero-order chi connectivity index (χ0) is 21.2. The number of amides is 2. The van der Waals surface area contributed by atoms with E-state index in [-0.39, 0.29) is 22.6 Å². The summed E-state index contributed by atoms with van der Waals surface area (Å²) in [7, 11) is -3.41. The van der Waals surface area contributed by atoms with Crippen molar-refractivity contribution in [2.75, 3.05) is 24.7 Å². The van der Waals surface area contributed by atoms with Crippen LogP contribution in [0, 0.1) is 19.8 Å². The zero-order valence-electron chi connectivity index (χ0n) is 16.8. The van der Waals surface area contributed by atoms with E-state index in [1.54, 1.807) is 24.0 Å². The number of likely N-dealkylation sites (tertiary alicyclic amines) is 1. The molecular weight excluding hydrogens is 390 g/mol. The second kappa shape index (κ2) is 8.32. The second-order valence-electron chi connectivity index (χ2n) is 7.49. The minimum atomic E-state index is -3.41. The summed E-state index contributed by atoms with van der Waals surface area (Å²) >= 11 is 0. The van der Waals surface area contributed by atoms with Crippen LogP contribution in [0.15, 0.2) is 41.3 Å². The van der Waals surface area contributed by atoms with Gasteiger partial charge in [0.25, 0.3) is 5.91 Å². The van der Waals surface area contributed by atoms with Gasteiger partial charge in [0.15, 0.2) is 9.84 Å². The Hall–Kier alpha value is -2.74. The first kappa shape index (κ1) is 21.0. The van der Waals surface area contributed by atoms with Crippen LogP contribution >= 0.6 is 0 Å². The Morgan fingerprint density at radius 1 is 1.17 bits per heavy atom. The molecule has 1 aliphatic rings. The van der Waals surface area contributed by atoms with Crippen molar-refractivity contribution in [3.63, 3.8) is 0 Å². The number of sulfone groups is 1. The molecule has 0 aliphatic carbocycles. The third-order valence-electron chi connectivity index (χ3n) is 5.09. The highest BCUT2D eigenvalue weighted by Gasteiger charge is 2.30. The lowest BCUT2D eigenvalue weighted by Gasteiger charge is -2.32. The molecule has 2 amide bonds. The molecular formula is C21H25N3O4S. The minimum absolute atomic E-state index is 0.114. The van der Waals surface area contributed by atoms with E-state index in [1.165, 1.54) is 12.1 Å². The molecule has 0 spiro atoms. The lowest BCUT2D eigenvalue weighted by Crippen LogP contribution is -2.44. The Balaban J connectivity index is 1.75. The molecule has 1 aromatic carbocycles. The predicted molar refractivity (Wildman–Crippen MR) is 111 cm³/mol. The number of carbonyl (C=O) groups excluding carboxylic acids is 2. The third kappa shape index (κ3) is 5.00. The molecule has 0 bridgehead atoms. The number of benzene rings is 1. The van der Waals surface area contributed by atoms with Crippen LogP contribution in [0.3, 0.4) is 0 Å². The van der Waals surface area contributed by atoms with Crippen molar-refractivity contribution in [1.29, 1.82) is 0 Å². The summed E-state index contributed by atoms with van der Waals surface area (Å²) in [5.41, 5.74) is 1.87. The molecule has 1 aliphatic heterocycles. The quantitative estimate of drug-likeness (QED) is 0.828. The van der Waals surface area contributed by atoms with Crippen molar-refractivity contribution >= 4 is 27.5 Å². The van der Waals surface area contributed by atoms with Gasteiger partial charge in [0.05, 0.1) is 10.8 Å². The average Bonchev–Trinajstić information content (AvgIpc) is 2.67. The number of rotatable bonds is 4. The predicted octanol–water partition coefficient (Wildman–Crippen LogP) is 2.59. The van der Waals surface area contributed by atoms with Gasteiger partial charge in [-0.25, -0.2) is 13.4 Å². The number of aryl methyl sites for hydroxylation is 2. The molecule has 1 N–H and O–H groups in total. The van der Waals surface area contributed by atoms with Gasteiger partial charge in [-0.15, -0.1) is 0 Å². The van der Waals surface area contributed by atoms with Crippen LogP contribution in [-0.2, 0) is 14.6 Å². The maximum Gasteiger partial charge on any atom is 0.254 e. The molecule has 2 heterocycles. The largest absolute Gasteiger partial charge is 0.338 e. The third-order valence-corrected chi connectivity index (χ3v) is 6.20. The molecule has 3 rings (SSSR count). The lowest BCUT2D eigenvalue weighted by molar-refractivity contribution is -0.121. The summed E-state index contributed by atoms with van der Waals surface area (Å²) in [4.78, 5) is 31.8. The van der Waals surface area contributed by atoms with Gasteiger partial charge in [-0.1, -0.05) is 12.1 Å². The molecule has 29 heavy (non-hydrogen) atoms. The van der Waals surface area contributed by atoms with Crippen LogP contribution in [0.1, 0.15) is 34.5 Å². The maximum absolute atomic E-state index is 13.1. The lowest BCUT2D eigenvalue weighted by atomic mass is 9.96. The fourth-order valence-corrected chi connectivity index (χ4v) is 4.10. The van der Waals surface area contributed by atoms with E-state index in [1.807, 2.05) is 19.1 Å². The topological polar surface area (TPSA) is 96.4 Å². The smallest absolute Gasteiger partial charge is 0.254 e. The fourth-order valence-electron chi connectivity index (χ4n) is 3.45. The number of aromatic nitrogens is 1. The standard InChI is InChI=1S/C21H25N3O4S/c1-14-9-10-17(29(3,27)28)12-18(14)21(26)24-11-5-7-16(13-24)20(25)23-19-8-4-6-15(2)22-19/h4,6,8-10,12,16H,5,7,11,13H2,1-3H3,(H,22,23,25). The Bertz CT molecular complexity index is 1050. The highest BCUT2D eigenvalue weighted by molar-refractivity contribution is 7.90. The van der Waals surface area contributed by atoms with Crippen LogP contribution in [0.2, 0.25) is 0 Å². The molecule has 1 unspecified atom stereocenters. The monoisotopic (exact) mass is 415 g/mol. The van der Waals surface area contributed by atoms with E-state index in [4.69, 9.17) is 0 Å². The summed E-state index contributed by atoms with van der Waals surface area (Å²) < 4.78 is 23.7. The van der Waals surface area contributed by atoms with Gasteiger partial charge in [0.1, 0.15) is 5.82 Å². The van der Waals surface area contributed by atoms with Crippen molar-refractivity contribution in [3.05, 3.63) is 53.2 Å². The summed E-state index contributed by atoms with van der Waals surface area (Å²) in [5.74, 6) is -0.259. The van der Waals surface area contributed by atoms with Crippen LogP contribution in [0.5, 0.6) is 0 Å². The van der Waals surface area contributed by atoms with Crippen LogP contribution in [-0.4, -0.2) is 49.5 Å². The van der Waals surface area contributed by atoms with E-state index in [2.05, 4.69) is 10.3 Å². The number of hydrogen-bond donors (Lipinski definition) is 1. The van der Waals surface area contributed by atoms with Crippen molar-refractivity contribution in [2.45, 2.75) is 31.6 Å². The Kier molecular flexibility index (Phi) is 6.02. The number of nitrogens with one attached hydrogen (secondary N) is 1. The molecule has 7 nitrogen and oxygen atoms in total. The van der Waals surface area contributed by atoms with Gasteiger partial charge in [-0.2, -0.15) is 0 Å². The van der Waals surface area contributed by atoms with Gasteiger partial charge in [0, 0.05) is 30.6 Å². The minimum Gasteiger partial charge on any atom is -0.338 e. The molecule has 1 atom stereocenters. The molecule has 0 radical (unpaired) electrons. The van der Waals surface area contributed by atoms with E-state index in [0.717, 1.165) is 11.9 Å². The van der Waals surface area contributed by atoms with Crippen molar-refractivity contribution in [3.8, 4) is 0 Å². The summed E-state index contributed by atoms with van der Waals surface area (Å²) in [6, 6.07) is 9.98. The first-order chi connectivity index (χ1) is 13.6. The molecule has 8 heteroatoms. The van der Waals surface area contributed by atoms with E-state index in [0.29, 0.717) is 42.9 Å². The summed E-state index contributed by atoms with van der Waals surface area (Å²) in [6.45, 7) is 4.45. The number of hydrogen-bond acceptors (Lipinski definition) is 5. The average molecular weight is 416 g/mol. The second-order valence-corrected chi connectivity index (χ2v) is 9.51. The SMILES string of the molecule is Cc1cccc(NC(=O)C2CCCN(C(=O)c3cc(S(C)(=O)=O)ccc3C)C2)n1. The number of anilines is 1. The van der Waals surface area contributed by atoms with Gasteiger partial charge in [-0.3, -0.25) is 9.59 Å². The number of piperidine rings is 1. The number of pyridine rings is 1. The number of nitrogens with zero attached hydrogens (tertiary/aromatic N) is 2. The Morgan fingerprint density at radius 2 is 1.93 bits per heavy atom. The van der Waals surface area contributed by atoms with E-state index < -0.39 is 9.84 Å². The Labute approximate surface area is 171 Å². The molecule has 1 aromatic heterocycles. The summed E-state index contributed by atoms with van der Waals surface area (Å²) in [5, 5.41) is 2.82. The van der Waals surface area contributed by atoms with Gasteiger partial charge >= 0.3 is 0 Å². The molecule has 0 saturated carbocycles. The number of carbonyl (C=O) groups is 2. The fraction of sp³-hybridized carbons (Fsp3) is 0.381. The zero-order valence-corrected chi connectivity index (χ0v) is 17.6. The van der Waals surface area contributed by atoms with Gasteiger partial charge in [0.2, 0.25) is 5.91 Å². The van der Waals surface area contributed by atoms with Crippen LogP contribution in [0.25, 0.3) is 0 Å². The Morgan fingerprint density at radius 3 is 2.62 bits per heavy atom. The van der Waals surface area contributed by atoms with Gasteiger partial charge < -0.3 is 10.2 Å². The molecule has 1 fully saturated rings. The highest BCUT2D eigenvalue weighted by Crippen LogP contribution is 2.23. The van der Waals surface area contributed by atoms with E-state index in [9.17, 15) is 18.0 Å². The van der Waals surface area contributed by atoms with Crippen molar-refractivity contribution < 1.29 is 18.0 Å². The van der Waals surface area contributed by atoms with Crippen LogP contribution < -0.4 is 5.32 Å². The normalized spacial score (nSPS) is 17.1. The van der Waals surface area contributed by atoms with Gasteiger partial charge in [-0.05, 0) is 56.5 Å². The summed E-state index contributed by atoms with van der Waals surface area (Å²) in [6.07, 6.45) is 2.51. The van der Waals surface area contributed by atoms with E-state index >= 15 is 0 Å². The molecule has 2 aromatic rings. The van der Waals surface area contributed by atoms with Crippen molar-refractivity contribution in [2.24, 2.45) is 5.92 Å². The first-order valence-corrected chi connectivity index (χ1v) is 11.4. The van der Waals surface area contributed by atoms with Crippen molar-refractivity contribution in [1.82, 2.24) is 9.88 Å². The first-order valence-electron chi connectivity index (χ1n) is 9.49. The molecule has 154 valence electrons. The maximum atomic E-state index is 13.1. The highest BCUT2D eigenvalue weighted by atomic mass is 32.2. The van der Waals surface area contributed by atoms with Crippen LogP contribution in [0.4, 0.5) is 5.82 Å².